The molecule has 2 rings (SSSR count). The van der Waals surface area contributed by atoms with Gasteiger partial charge in [0.05, 0.1) is 11.4 Å². The van der Waals surface area contributed by atoms with Crippen molar-refractivity contribution in [3.8, 4) is 0 Å². The number of aliphatic hydroxyl groups is 1. The van der Waals surface area contributed by atoms with Gasteiger partial charge >= 0.3 is 17.1 Å². The van der Waals surface area contributed by atoms with E-state index in [-0.39, 0.29) is 41.9 Å². The van der Waals surface area contributed by atoms with Crippen molar-refractivity contribution in [2.75, 3.05) is 12.5 Å². The number of pyridine rings is 2. The van der Waals surface area contributed by atoms with Gasteiger partial charge in [0, 0.05) is 19.5 Å². The molecule has 2 N–H and O–H groups in total. The van der Waals surface area contributed by atoms with Gasteiger partial charge in [-0.15, -0.1) is 0 Å². The zero-order valence-electron chi connectivity index (χ0n) is 11.5. The Balaban J connectivity index is -0.000000621. The van der Waals surface area contributed by atoms with Crippen LogP contribution >= 0.6 is 0 Å². The second-order valence-corrected chi connectivity index (χ2v) is 3.24. The molecule has 0 unspecified atom stereocenters. The van der Waals surface area contributed by atoms with Crippen LogP contribution in [0.15, 0.2) is 53.9 Å². The SMILES string of the molecule is C/C(=N\Nc1ccccn1)c1ccccn1.CO.[Cl-].[Cl-].[Cu+2]. The summed E-state index contributed by atoms with van der Waals surface area (Å²) < 4.78 is 0. The topological polar surface area (TPSA) is 70.4 Å². The van der Waals surface area contributed by atoms with Gasteiger partial charge in [-0.3, -0.25) is 10.4 Å². The largest absolute Gasteiger partial charge is 2.00 e. The summed E-state index contributed by atoms with van der Waals surface area (Å²) >= 11 is 0. The van der Waals surface area contributed by atoms with Crippen LogP contribution in [0, 0.1) is 0 Å². The molecule has 2 heterocycles. The number of aromatic nitrogens is 2. The van der Waals surface area contributed by atoms with Crippen LogP contribution in [0.5, 0.6) is 0 Å². The molecule has 0 spiro atoms. The van der Waals surface area contributed by atoms with E-state index in [9.17, 15) is 0 Å². The number of anilines is 1. The third kappa shape index (κ3) is 9.39. The average Bonchev–Trinajstić information content (AvgIpc) is 2.49. The van der Waals surface area contributed by atoms with E-state index >= 15 is 0 Å². The molecule has 0 bridgehead atoms. The number of nitrogens with one attached hydrogen (secondary N) is 1. The smallest absolute Gasteiger partial charge is 1.00 e. The molecule has 0 amide bonds. The Morgan fingerprint density at radius 1 is 1.00 bits per heavy atom. The summed E-state index contributed by atoms with van der Waals surface area (Å²) in [6.07, 6.45) is 3.46. The van der Waals surface area contributed by atoms with Crippen LogP contribution in [-0.2, 0) is 17.1 Å². The molecule has 0 saturated carbocycles. The molecular formula is C13H16Cl2CuN4O. The predicted molar refractivity (Wildman–Crippen MR) is 72.5 cm³/mol. The number of hydrazone groups is 1. The molecule has 2 aromatic heterocycles. The van der Waals surface area contributed by atoms with Gasteiger partial charge in [-0.05, 0) is 31.2 Å². The summed E-state index contributed by atoms with van der Waals surface area (Å²) in [5.41, 5.74) is 4.56. The molecule has 0 aliphatic rings. The van der Waals surface area contributed by atoms with Gasteiger partial charge in [0.2, 0.25) is 0 Å². The first-order chi connectivity index (χ1) is 8.86. The Hall–Kier alpha value is -1.17. The fraction of sp³-hybridized carbons (Fsp3) is 0.154. The first-order valence-electron chi connectivity index (χ1n) is 5.44. The molecule has 2 aromatic rings. The van der Waals surface area contributed by atoms with Gasteiger partial charge in [-0.25, -0.2) is 4.98 Å². The van der Waals surface area contributed by atoms with E-state index in [4.69, 9.17) is 5.11 Å². The Labute approximate surface area is 147 Å². The minimum atomic E-state index is 0. The number of hydrogen-bond acceptors (Lipinski definition) is 5. The molecule has 0 aliphatic carbocycles. The van der Waals surface area contributed by atoms with Crippen molar-refractivity contribution in [1.29, 1.82) is 0 Å². The molecule has 0 fully saturated rings. The van der Waals surface area contributed by atoms with Crippen molar-refractivity contribution in [2.24, 2.45) is 5.10 Å². The monoisotopic (exact) mass is 377 g/mol. The van der Waals surface area contributed by atoms with E-state index < -0.39 is 0 Å². The Morgan fingerprint density at radius 2 is 1.57 bits per heavy atom. The second kappa shape index (κ2) is 15.2. The molecule has 0 aliphatic heterocycles. The number of halogens is 2. The van der Waals surface area contributed by atoms with Crippen LogP contribution in [0.4, 0.5) is 5.82 Å². The predicted octanol–water partition coefficient (Wildman–Crippen LogP) is -4.07. The molecule has 5 nitrogen and oxygen atoms in total. The second-order valence-electron chi connectivity index (χ2n) is 3.24. The maximum atomic E-state index is 7.00. The van der Waals surface area contributed by atoms with E-state index in [0.29, 0.717) is 0 Å². The van der Waals surface area contributed by atoms with Crippen molar-refractivity contribution in [3.63, 3.8) is 0 Å². The summed E-state index contributed by atoms with van der Waals surface area (Å²) in [5.74, 6) is 0.720. The van der Waals surface area contributed by atoms with E-state index in [1.165, 1.54) is 0 Å². The Morgan fingerprint density at radius 3 is 2.05 bits per heavy atom. The summed E-state index contributed by atoms with van der Waals surface area (Å²) in [7, 11) is 1.00. The Kier molecular flexibility index (Phi) is 18.0. The standard InChI is InChI=1S/C12H12N4.CH4O.2ClH.Cu/c1-10(11-6-2-4-8-13-11)15-16-12-7-3-5-9-14-12;1-2;;;/h2-9H,1H3,(H,14,16);2H,1H3;2*1H;/q;;;;+2/p-2/b15-10+;;;;. The van der Waals surface area contributed by atoms with E-state index in [0.717, 1.165) is 24.3 Å². The van der Waals surface area contributed by atoms with Crippen molar-refractivity contribution < 1.29 is 47.0 Å². The van der Waals surface area contributed by atoms with Crippen molar-refractivity contribution >= 4 is 11.5 Å². The van der Waals surface area contributed by atoms with E-state index in [2.05, 4.69) is 20.5 Å². The first-order valence-corrected chi connectivity index (χ1v) is 5.44. The average molecular weight is 379 g/mol. The number of rotatable bonds is 3. The van der Waals surface area contributed by atoms with Gasteiger partial charge in [-0.2, -0.15) is 5.10 Å². The summed E-state index contributed by atoms with van der Waals surface area (Å²) in [4.78, 5) is 8.31. The molecule has 8 heteroatoms. The number of hydrogen-bond donors (Lipinski definition) is 2. The quantitative estimate of drug-likeness (QED) is 0.324. The van der Waals surface area contributed by atoms with Crippen LogP contribution < -0.4 is 30.2 Å². The van der Waals surface area contributed by atoms with Crippen molar-refractivity contribution in [2.45, 2.75) is 6.92 Å². The minimum Gasteiger partial charge on any atom is -1.00 e. The third-order valence-corrected chi connectivity index (χ3v) is 2.04. The first kappa shape index (κ1) is 24.8. The van der Waals surface area contributed by atoms with Crippen LogP contribution in [-0.4, -0.2) is 27.9 Å². The molecule has 119 valence electrons. The van der Waals surface area contributed by atoms with Crippen molar-refractivity contribution in [1.82, 2.24) is 9.97 Å². The summed E-state index contributed by atoms with van der Waals surface area (Å²) in [6, 6.07) is 11.3. The zero-order valence-corrected chi connectivity index (χ0v) is 13.9. The molecule has 0 atom stereocenters. The van der Waals surface area contributed by atoms with Crippen LogP contribution in [0.2, 0.25) is 0 Å². The van der Waals surface area contributed by atoms with Gasteiger partial charge in [0.25, 0.3) is 0 Å². The fourth-order valence-electron chi connectivity index (χ4n) is 1.20. The third-order valence-electron chi connectivity index (χ3n) is 2.04. The summed E-state index contributed by atoms with van der Waals surface area (Å²) in [6.45, 7) is 1.90. The van der Waals surface area contributed by atoms with Crippen LogP contribution in [0.25, 0.3) is 0 Å². The molecular weight excluding hydrogens is 363 g/mol. The zero-order chi connectivity index (χ0) is 13.2. The fourth-order valence-corrected chi connectivity index (χ4v) is 1.20. The summed E-state index contributed by atoms with van der Waals surface area (Å²) in [5, 5.41) is 11.2. The van der Waals surface area contributed by atoms with Gasteiger partial charge < -0.3 is 29.9 Å². The van der Waals surface area contributed by atoms with Gasteiger partial charge in [-0.1, -0.05) is 12.1 Å². The number of nitrogens with zero attached hydrogens (tertiary/aromatic N) is 3. The van der Waals surface area contributed by atoms with Gasteiger partial charge in [0.15, 0.2) is 0 Å². The van der Waals surface area contributed by atoms with Crippen LogP contribution in [0.3, 0.4) is 0 Å². The molecule has 0 aromatic carbocycles. The van der Waals surface area contributed by atoms with Crippen molar-refractivity contribution in [3.05, 3.63) is 54.5 Å². The van der Waals surface area contributed by atoms with Crippen LogP contribution in [0.1, 0.15) is 12.6 Å². The van der Waals surface area contributed by atoms with E-state index in [1.807, 2.05) is 43.3 Å². The minimum absolute atomic E-state index is 0. The normalized spacial score (nSPS) is 8.81. The number of aliphatic hydroxyl groups excluding tert-OH is 1. The maximum Gasteiger partial charge on any atom is 2.00 e. The molecule has 21 heavy (non-hydrogen) atoms. The maximum absolute atomic E-state index is 7.00. The molecule has 1 radical (unpaired) electrons. The van der Waals surface area contributed by atoms with E-state index in [1.54, 1.807) is 12.4 Å². The Bertz CT molecular complexity index is 486. The molecule has 0 saturated heterocycles. The van der Waals surface area contributed by atoms with Gasteiger partial charge in [0.1, 0.15) is 5.82 Å².